The van der Waals surface area contributed by atoms with Gasteiger partial charge in [-0.05, 0) is 36.5 Å². The van der Waals surface area contributed by atoms with Crippen molar-refractivity contribution in [2.45, 2.75) is 26.0 Å². The van der Waals surface area contributed by atoms with Crippen LogP contribution < -0.4 is 10.1 Å². The first kappa shape index (κ1) is 15.5. The summed E-state index contributed by atoms with van der Waals surface area (Å²) in [6.07, 6.45) is 2.58. The van der Waals surface area contributed by atoms with Crippen LogP contribution in [0.5, 0.6) is 5.75 Å². The molecule has 4 nitrogen and oxygen atoms in total. The number of hydrogen-bond donors (Lipinski definition) is 1. The summed E-state index contributed by atoms with van der Waals surface area (Å²) in [6, 6.07) is 6.66. The van der Waals surface area contributed by atoms with E-state index in [4.69, 9.17) is 0 Å². The normalized spacial score (nSPS) is 15.2. The van der Waals surface area contributed by atoms with Crippen molar-refractivity contribution in [3.63, 3.8) is 0 Å². The Hall–Kier alpha value is -1.85. The Bertz CT molecular complexity index is 472. The molecule has 116 valence electrons. The molecule has 0 amide bonds. The van der Waals surface area contributed by atoms with Crippen molar-refractivity contribution in [2.75, 3.05) is 20.6 Å². The second kappa shape index (κ2) is 7.24. The average Bonchev–Trinajstić information content (AvgIpc) is 3.25. The Labute approximate surface area is 123 Å². The van der Waals surface area contributed by atoms with Gasteiger partial charge in [-0.25, -0.2) is 0 Å². The van der Waals surface area contributed by atoms with Crippen molar-refractivity contribution in [1.29, 1.82) is 0 Å². The molecule has 0 radical (unpaired) electrons. The van der Waals surface area contributed by atoms with Crippen molar-refractivity contribution in [1.82, 2.24) is 10.2 Å². The fourth-order valence-corrected chi connectivity index (χ4v) is 2.07. The van der Waals surface area contributed by atoms with Crippen LogP contribution in [0.15, 0.2) is 29.3 Å². The molecule has 1 fully saturated rings. The van der Waals surface area contributed by atoms with Crippen LogP contribution in [0.2, 0.25) is 0 Å². The number of halogens is 2. The van der Waals surface area contributed by atoms with Crippen LogP contribution in [-0.2, 0) is 6.54 Å². The number of benzene rings is 1. The first-order valence-corrected chi connectivity index (χ1v) is 7.04. The van der Waals surface area contributed by atoms with Crippen LogP contribution >= 0.6 is 0 Å². The number of alkyl halides is 2. The standard InChI is InChI=1S/C15H21F2N3O/c1-18-15(19-9-11-3-4-11)20(2)10-12-5-7-13(8-6-12)21-14(16)17/h5-8,11,14H,3-4,9-10H2,1-2H3,(H,18,19). The first-order valence-electron chi connectivity index (χ1n) is 7.04. The highest BCUT2D eigenvalue weighted by molar-refractivity contribution is 5.79. The van der Waals surface area contributed by atoms with Crippen molar-refractivity contribution in [3.05, 3.63) is 29.8 Å². The largest absolute Gasteiger partial charge is 0.435 e. The zero-order valence-corrected chi connectivity index (χ0v) is 12.4. The van der Waals surface area contributed by atoms with Crippen LogP contribution in [0.25, 0.3) is 0 Å². The molecule has 0 aliphatic heterocycles. The first-order chi connectivity index (χ1) is 10.1. The lowest BCUT2D eigenvalue weighted by Gasteiger charge is -2.22. The van der Waals surface area contributed by atoms with E-state index < -0.39 is 6.61 Å². The van der Waals surface area contributed by atoms with Crippen molar-refractivity contribution in [3.8, 4) is 5.75 Å². The summed E-state index contributed by atoms with van der Waals surface area (Å²) in [7, 11) is 3.71. The van der Waals surface area contributed by atoms with Gasteiger partial charge in [-0.1, -0.05) is 12.1 Å². The van der Waals surface area contributed by atoms with Crippen molar-refractivity contribution < 1.29 is 13.5 Å². The molecule has 6 heteroatoms. The lowest BCUT2D eigenvalue weighted by molar-refractivity contribution is -0.0498. The van der Waals surface area contributed by atoms with E-state index in [9.17, 15) is 8.78 Å². The van der Waals surface area contributed by atoms with Gasteiger partial charge in [-0.2, -0.15) is 8.78 Å². The number of nitrogens with one attached hydrogen (secondary N) is 1. The maximum atomic E-state index is 12.1. The van der Waals surface area contributed by atoms with Gasteiger partial charge in [0, 0.05) is 27.2 Å². The highest BCUT2D eigenvalue weighted by Crippen LogP contribution is 2.27. The molecular weight excluding hydrogens is 276 g/mol. The summed E-state index contributed by atoms with van der Waals surface area (Å²) in [5, 5.41) is 3.34. The van der Waals surface area contributed by atoms with Crippen LogP contribution in [0.1, 0.15) is 18.4 Å². The van der Waals surface area contributed by atoms with Crippen LogP contribution in [0, 0.1) is 5.92 Å². The lowest BCUT2D eigenvalue weighted by atomic mass is 10.2. The van der Waals surface area contributed by atoms with Crippen molar-refractivity contribution >= 4 is 5.96 Å². The van der Waals surface area contributed by atoms with E-state index >= 15 is 0 Å². The summed E-state index contributed by atoms with van der Waals surface area (Å²) in [5.74, 6) is 1.79. The maximum absolute atomic E-state index is 12.1. The molecule has 0 spiro atoms. The minimum absolute atomic E-state index is 0.174. The van der Waals surface area contributed by atoms with Gasteiger partial charge >= 0.3 is 6.61 Å². The Balaban J connectivity index is 1.86. The quantitative estimate of drug-likeness (QED) is 0.648. The number of nitrogens with zero attached hydrogens (tertiary/aromatic N) is 2. The van der Waals surface area contributed by atoms with Crippen LogP contribution in [0.3, 0.4) is 0 Å². The summed E-state index contributed by atoms with van der Waals surface area (Å²) >= 11 is 0. The number of ether oxygens (including phenoxy) is 1. The Kier molecular flexibility index (Phi) is 5.36. The maximum Gasteiger partial charge on any atom is 0.387 e. The average molecular weight is 297 g/mol. The third-order valence-corrected chi connectivity index (χ3v) is 3.39. The molecule has 1 aromatic rings. The zero-order chi connectivity index (χ0) is 15.2. The van der Waals surface area contributed by atoms with Gasteiger partial charge in [0.25, 0.3) is 0 Å². The molecule has 1 N–H and O–H groups in total. The van der Waals surface area contributed by atoms with E-state index in [0.29, 0.717) is 6.54 Å². The van der Waals surface area contributed by atoms with Crippen LogP contribution in [-0.4, -0.2) is 38.1 Å². The Morgan fingerprint density at radius 1 is 1.38 bits per heavy atom. The van der Waals surface area contributed by atoms with Crippen LogP contribution in [0.4, 0.5) is 8.78 Å². The minimum atomic E-state index is -2.79. The molecule has 1 saturated carbocycles. The van der Waals surface area contributed by atoms with E-state index in [0.717, 1.165) is 24.0 Å². The monoisotopic (exact) mass is 297 g/mol. The van der Waals surface area contributed by atoms with Crippen molar-refractivity contribution in [2.24, 2.45) is 10.9 Å². The number of guanidine groups is 1. The summed E-state index contributed by atoms with van der Waals surface area (Å²) < 4.78 is 28.5. The number of aliphatic imine (C=N–C) groups is 1. The number of rotatable bonds is 6. The molecule has 0 atom stereocenters. The second-order valence-electron chi connectivity index (χ2n) is 5.25. The van der Waals surface area contributed by atoms with E-state index in [-0.39, 0.29) is 5.75 Å². The molecular formula is C15H21F2N3O. The minimum Gasteiger partial charge on any atom is -0.435 e. The summed E-state index contributed by atoms with van der Waals surface area (Å²) in [4.78, 5) is 6.25. The highest BCUT2D eigenvalue weighted by atomic mass is 19.3. The predicted octanol–water partition coefficient (Wildman–Crippen LogP) is 2.71. The number of hydrogen-bond acceptors (Lipinski definition) is 2. The molecule has 0 saturated heterocycles. The third-order valence-electron chi connectivity index (χ3n) is 3.39. The van der Waals surface area contributed by atoms with Gasteiger partial charge in [0.05, 0.1) is 0 Å². The van der Waals surface area contributed by atoms with E-state index in [2.05, 4.69) is 15.0 Å². The molecule has 0 aromatic heterocycles. The fourth-order valence-electron chi connectivity index (χ4n) is 2.07. The van der Waals surface area contributed by atoms with E-state index in [1.807, 2.05) is 11.9 Å². The summed E-state index contributed by atoms with van der Waals surface area (Å²) in [6.45, 7) is -1.18. The van der Waals surface area contributed by atoms with Gasteiger partial charge in [0.2, 0.25) is 0 Å². The molecule has 0 heterocycles. The zero-order valence-electron chi connectivity index (χ0n) is 12.4. The smallest absolute Gasteiger partial charge is 0.387 e. The molecule has 0 bridgehead atoms. The van der Waals surface area contributed by atoms with Gasteiger partial charge in [0.1, 0.15) is 5.75 Å². The van der Waals surface area contributed by atoms with Gasteiger partial charge in [0.15, 0.2) is 5.96 Å². The summed E-state index contributed by atoms with van der Waals surface area (Å²) in [5.41, 5.74) is 1.01. The third kappa shape index (κ3) is 5.21. The van der Waals surface area contributed by atoms with E-state index in [1.165, 1.54) is 12.8 Å². The SMILES string of the molecule is CN=C(NCC1CC1)N(C)Cc1ccc(OC(F)F)cc1. The molecule has 2 rings (SSSR count). The lowest BCUT2D eigenvalue weighted by Crippen LogP contribution is -2.39. The topological polar surface area (TPSA) is 36.9 Å². The Morgan fingerprint density at radius 3 is 2.57 bits per heavy atom. The molecule has 1 aromatic carbocycles. The van der Waals surface area contributed by atoms with E-state index in [1.54, 1.807) is 31.3 Å². The molecule has 1 aliphatic carbocycles. The van der Waals surface area contributed by atoms with Gasteiger partial charge < -0.3 is 15.0 Å². The molecule has 0 unspecified atom stereocenters. The second-order valence-corrected chi connectivity index (χ2v) is 5.25. The predicted molar refractivity (Wildman–Crippen MR) is 78.6 cm³/mol. The highest BCUT2D eigenvalue weighted by Gasteiger charge is 2.21. The molecule has 21 heavy (non-hydrogen) atoms. The Morgan fingerprint density at radius 2 is 2.05 bits per heavy atom. The fraction of sp³-hybridized carbons (Fsp3) is 0.533. The van der Waals surface area contributed by atoms with Gasteiger partial charge in [-0.15, -0.1) is 0 Å². The van der Waals surface area contributed by atoms with Gasteiger partial charge in [-0.3, -0.25) is 4.99 Å². The molecule has 1 aliphatic rings.